The maximum Gasteiger partial charge on any atom is 0.488 e. The standard InChI is InChI=1S/C15H22BNO2/c18-16(19)14-8-6-12(7-9-14)11-17-10-2-4-13-3-1-5-15(13)17/h6-9,13,15,18-19H,1-5,10-11H2. The topological polar surface area (TPSA) is 43.7 Å². The van der Waals surface area contributed by atoms with E-state index in [9.17, 15) is 0 Å². The largest absolute Gasteiger partial charge is 0.488 e. The molecule has 1 saturated carbocycles. The molecule has 0 spiro atoms. The summed E-state index contributed by atoms with van der Waals surface area (Å²) >= 11 is 0. The lowest BCUT2D eigenvalue weighted by atomic mass is 9.80. The van der Waals surface area contributed by atoms with Gasteiger partial charge in [-0.15, -0.1) is 0 Å². The first kappa shape index (κ1) is 13.2. The second kappa shape index (κ2) is 5.65. The van der Waals surface area contributed by atoms with Crippen molar-refractivity contribution in [2.75, 3.05) is 6.54 Å². The Morgan fingerprint density at radius 3 is 2.53 bits per heavy atom. The van der Waals surface area contributed by atoms with E-state index in [1.165, 1.54) is 44.2 Å². The number of fused-ring (bicyclic) bond motifs is 1. The normalized spacial score (nSPS) is 27.3. The second-order valence-electron chi connectivity index (χ2n) is 5.99. The van der Waals surface area contributed by atoms with E-state index in [0.717, 1.165) is 18.5 Å². The molecule has 0 radical (unpaired) electrons. The van der Waals surface area contributed by atoms with Gasteiger partial charge in [-0.2, -0.15) is 0 Å². The van der Waals surface area contributed by atoms with E-state index in [1.54, 1.807) is 0 Å². The molecule has 3 rings (SSSR count). The van der Waals surface area contributed by atoms with Gasteiger partial charge in [-0.3, -0.25) is 4.90 Å². The summed E-state index contributed by atoms with van der Waals surface area (Å²) in [6.45, 7) is 2.22. The molecular weight excluding hydrogens is 237 g/mol. The van der Waals surface area contributed by atoms with Crippen molar-refractivity contribution in [3.63, 3.8) is 0 Å². The lowest BCUT2D eigenvalue weighted by molar-refractivity contribution is 0.106. The molecule has 1 aliphatic heterocycles. The molecule has 1 aliphatic carbocycles. The molecule has 2 unspecified atom stereocenters. The van der Waals surface area contributed by atoms with Crippen LogP contribution in [0.4, 0.5) is 0 Å². The van der Waals surface area contributed by atoms with Gasteiger partial charge in [-0.1, -0.05) is 30.7 Å². The van der Waals surface area contributed by atoms with Crippen LogP contribution in [0.1, 0.15) is 37.7 Å². The van der Waals surface area contributed by atoms with Gasteiger partial charge < -0.3 is 10.0 Å². The van der Waals surface area contributed by atoms with Gasteiger partial charge in [0.15, 0.2) is 0 Å². The molecule has 102 valence electrons. The zero-order chi connectivity index (χ0) is 13.2. The van der Waals surface area contributed by atoms with Gasteiger partial charge in [0, 0.05) is 12.6 Å². The van der Waals surface area contributed by atoms with E-state index in [0.29, 0.717) is 5.46 Å². The number of hydrogen-bond acceptors (Lipinski definition) is 3. The highest BCUT2D eigenvalue weighted by atomic mass is 16.4. The first-order valence-electron chi connectivity index (χ1n) is 7.43. The number of likely N-dealkylation sites (tertiary alicyclic amines) is 1. The molecule has 2 aliphatic rings. The van der Waals surface area contributed by atoms with Crippen molar-refractivity contribution in [3.05, 3.63) is 29.8 Å². The van der Waals surface area contributed by atoms with Crippen molar-refractivity contribution in [3.8, 4) is 0 Å². The fourth-order valence-electron chi connectivity index (χ4n) is 3.78. The van der Waals surface area contributed by atoms with Crippen molar-refractivity contribution < 1.29 is 10.0 Å². The van der Waals surface area contributed by atoms with Crippen LogP contribution in [-0.2, 0) is 6.54 Å². The molecule has 0 amide bonds. The Hall–Kier alpha value is -0.835. The maximum atomic E-state index is 9.10. The van der Waals surface area contributed by atoms with E-state index >= 15 is 0 Å². The molecule has 0 bridgehead atoms. The van der Waals surface area contributed by atoms with Crippen molar-refractivity contribution in [2.45, 2.75) is 44.7 Å². The number of hydrogen-bond donors (Lipinski definition) is 2. The number of rotatable bonds is 3. The van der Waals surface area contributed by atoms with E-state index in [2.05, 4.69) is 4.90 Å². The minimum atomic E-state index is -1.36. The summed E-state index contributed by atoms with van der Waals surface area (Å²) in [4.78, 5) is 2.63. The highest BCUT2D eigenvalue weighted by Gasteiger charge is 2.34. The monoisotopic (exact) mass is 259 g/mol. The Morgan fingerprint density at radius 2 is 1.79 bits per heavy atom. The number of nitrogens with zero attached hydrogens (tertiary/aromatic N) is 1. The van der Waals surface area contributed by atoms with Gasteiger partial charge in [0.1, 0.15) is 0 Å². The summed E-state index contributed by atoms with van der Waals surface area (Å²) in [6, 6.07) is 8.46. The van der Waals surface area contributed by atoms with E-state index in [-0.39, 0.29) is 0 Å². The summed E-state index contributed by atoms with van der Waals surface area (Å²) in [5, 5.41) is 18.2. The first-order chi connectivity index (χ1) is 9.24. The van der Waals surface area contributed by atoms with Crippen molar-refractivity contribution >= 4 is 12.6 Å². The van der Waals surface area contributed by atoms with Crippen molar-refractivity contribution in [1.82, 2.24) is 4.90 Å². The van der Waals surface area contributed by atoms with E-state index in [1.807, 2.05) is 24.3 Å². The Kier molecular flexibility index (Phi) is 3.92. The zero-order valence-corrected chi connectivity index (χ0v) is 11.3. The molecule has 3 nitrogen and oxygen atoms in total. The van der Waals surface area contributed by atoms with Crippen LogP contribution >= 0.6 is 0 Å². The minimum absolute atomic E-state index is 0.570. The quantitative estimate of drug-likeness (QED) is 0.800. The molecule has 1 heterocycles. The molecule has 1 saturated heterocycles. The molecule has 1 aromatic rings. The lowest BCUT2D eigenvalue weighted by Crippen LogP contribution is -2.41. The third kappa shape index (κ3) is 2.86. The summed E-state index contributed by atoms with van der Waals surface area (Å²) in [6.07, 6.45) is 6.90. The van der Waals surface area contributed by atoms with Crippen LogP contribution in [-0.4, -0.2) is 34.7 Å². The molecule has 2 N–H and O–H groups in total. The summed E-state index contributed by atoms with van der Waals surface area (Å²) in [7, 11) is -1.36. The molecule has 2 atom stereocenters. The average Bonchev–Trinajstić information content (AvgIpc) is 2.89. The minimum Gasteiger partial charge on any atom is -0.423 e. The molecule has 2 fully saturated rings. The number of benzene rings is 1. The second-order valence-corrected chi connectivity index (χ2v) is 5.99. The van der Waals surface area contributed by atoms with Gasteiger partial charge in [-0.25, -0.2) is 0 Å². The fraction of sp³-hybridized carbons (Fsp3) is 0.600. The first-order valence-corrected chi connectivity index (χ1v) is 7.43. The summed E-state index contributed by atoms with van der Waals surface area (Å²) < 4.78 is 0. The van der Waals surface area contributed by atoms with Crippen LogP contribution in [0.3, 0.4) is 0 Å². The highest BCUT2D eigenvalue weighted by molar-refractivity contribution is 6.58. The molecule has 1 aromatic carbocycles. The maximum absolute atomic E-state index is 9.10. The van der Waals surface area contributed by atoms with Crippen LogP contribution in [0.25, 0.3) is 0 Å². The predicted octanol–water partition coefficient (Wildman–Crippen LogP) is 1.13. The van der Waals surface area contributed by atoms with Crippen LogP contribution in [0.2, 0.25) is 0 Å². The van der Waals surface area contributed by atoms with Gasteiger partial charge in [0.05, 0.1) is 0 Å². The van der Waals surface area contributed by atoms with Crippen LogP contribution in [0, 0.1) is 5.92 Å². The summed E-state index contributed by atoms with van der Waals surface area (Å²) in [5.41, 5.74) is 1.85. The summed E-state index contributed by atoms with van der Waals surface area (Å²) in [5.74, 6) is 0.923. The third-order valence-corrected chi connectivity index (χ3v) is 4.77. The lowest BCUT2D eigenvalue weighted by Gasteiger charge is -2.37. The zero-order valence-electron chi connectivity index (χ0n) is 11.3. The molecule has 19 heavy (non-hydrogen) atoms. The number of piperidine rings is 1. The van der Waals surface area contributed by atoms with Crippen molar-refractivity contribution in [2.24, 2.45) is 5.92 Å². The fourth-order valence-corrected chi connectivity index (χ4v) is 3.78. The molecule has 0 aromatic heterocycles. The van der Waals surface area contributed by atoms with E-state index in [4.69, 9.17) is 10.0 Å². The smallest absolute Gasteiger partial charge is 0.423 e. The Morgan fingerprint density at radius 1 is 1.05 bits per heavy atom. The van der Waals surface area contributed by atoms with Crippen LogP contribution in [0.15, 0.2) is 24.3 Å². The SMILES string of the molecule is OB(O)c1ccc(CN2CCCC3CCCC32)cc1. The van der Waals surface area contributed by atoms with Crippen LogP contribution < -0.4 is 5.46 Å². The Labute approximate surface area is 115 Å². The molecule has 4 heteroatoms. The van der Waals surface area contributed by atoms with Crippen LogP contribution in [0.5, 0.6) is 0 Å². The third-order valence-electron chi connectivity index (χ3n) is 4.77. The van der Waals surface area contributed by atoms with E-state index < -0.39 is 7.12 Å². The Balaban J connectivity index is 1.67. The molecular formula is C15H22BNO2. The van der Waals surface area contributed by atoms with Gasteiger partial charge in [0.25, 0.3) is 0 Å². The average molecular weight is 259 g/mol. The van der Waals surface area contributed by atoms with Crippen molar-refractivity contribution in [1.29, 1.82) is 0 Å². The van der Waals surface area contributed by atoms with Gasteiger partial charge in [-0.05, 0) is 49.2 Å². The van der Waals surface area contributed by atoms with Gasteiger partial charge >= 0.3 is 7.12 Å². The predicted molar refractivity (Wildman–Crippen MR) is 77.0 cm³/mol. The van der Waals surface area contributed by atoms with Gasteiger partial charge in [0.2, 0.25) is 0 Å². The Bertz CT molecular complexity index is 421. The highest BCUT2D eigenvalue weighted by Crippen LogP contribution is 2.37.